The van der Waals surface area contributed by atoms with Crippen molar-refractivity contribution in [2.75, 3.05) is 6.61 Å². The molecule has 6 rings (SSSR count). The van der Waals surface area contributed by atoms with Crippen molar-refractivity contribution in [1.29, 1.82) is 0 Å². The number of ketones is 1. The van der Waals surface area contributed by atoms with E-state index >= 15 is 0 Å². The quantitative estimate of drug-likeness (QED) is 0.246. The van der Waals surface area contributed by atoms with E-state index in [2.05, 4.69) is 6.58 Å². The minimum Gasteiger partial charge on any atom is -0.459 e. The Bertz CT molecular complexity index is 1270. The predicted octanol–water partition coefficient (Wildman–Crippen LogP) is -0.0912. The zero-order valence-electron chi connectivity index (χ0n) is 22.8. The van der Waals surface area contributed by atoms with Gasteiger partial charge in [0.1, 0.15) is 23.9 Å². The number of hydrogen-bond donors (Lipinski definition) is 5. The number of aliphatic hydroxyl groups is 5. The molecule has 3 bridgehead atoms. The summed E-state index contributed by atoms with van der Waals surface area (Å²) in [5.41, 5.74) is -7.98. The zero-order chi connectivity index (χ0) is 29.2. The molecule has 3 aliphatic carbocycles. The highest BCUT2D eigenvalue weighted by Gasteiger charge is 2.87. The first-order valence-electron chi connectivity index (χ1n) is 13.6. The molecule has 40 heavy (non-hydrogen) atoms. The maximum absolute atomic E-state index is 13.6. The smallest absolute Gasteiger partial charge is 0.314 e. The normalized spacial score (nSPS) is 52.6. The minimum atomic E-state index is -2.75. The van der Waals surface area contributed by atoms with E-state index in [0.717, 1.165) is 0 Å². The van der Waals surface area contributed by atoms with Crippen molar-refractivity contribution in [3.8, 4) is 0 Å². The summed E-state index contributed by atoms with van der Waals surface area (Å²) in [6.07, 6.45) is -6.60. The summed E-state index contributed by atoms with van der Waals surface area (Å²) in [6.45, 7) is 9.14. The Labute approximate surface area is 231 Å². The fourth-order valence-corrected chi connectivity index (χ4v) is 8.60. The number of carbonyl (C=O) groups excluding carboxylic acids is 2. The lowest BCUT2D eigenvalue weighted by Gasteiger charge is -2.62. The molecule has 2 heterocycles. The number of ether oxygens (including phenoxy) is 4. The van der Waals surface area contributed by atoms with Crippen LogP contribution in [0, 0.1) is 23.7 Å². The molecule has 5 fully saturated rings. The third kappa shape index (κ3) is 2.92. The Kier molecular flexibility index (Phi) is 5.88. The van der Waals surface area contributed by atoms with E-state index in [1.165, 1.54) is 6.92 Å². The average molecular weight is 561 g/mol. The van der Waals surface area contributed by atoms with Crippen LogP contribution in [0.1, 0.15) is 39.7 Å². The van der Waals surface area contributed by atoms with Crippen molar-refractivity contribution in [2.45, 2.75) is 86.9 Å². The largest absolute Gasteiger partial charge is 0.459 e. The fraction of sp³-hybridized carbons (Fsp3) is 0.655. The van der Waals surface area contributed by atoms with Crippen LogP contribution in [-0.2, 0) is 34.5 Å². The molecule has 2 aliphatic heterocycles. The first-order valence-corrected chi connectivity index (χ1v) is 13.6. The van der Waals surface area contributed by atoms with Gasteiger partial charge in [0.15, 0.2) is 17.0 Å². The van der Waals surface area contributed by atoms with Gasteiger partial charge in [-0.2, -0.15) is 0 Å². The molecular formula is C29H36O11. The molecule has 0 unspecified atom stereocenters. The van der Waals surface area contributed by atoms with Gasteiger partial charge in [0.05, 0.1) is 18.3 Å². The molecule has 1 aromatic carbocycles. The Morgan fingerprint density at radius 2 is 1.77 bits per heavy atom. The topological polar surface area (TPSA) is 172 Å². The number of aliphatic hydroxyl groups excluding tert-OH is 3. The highest BCUT2D eigenvalue weighted by atomic mass is 16.9. The second kappa shape index (κ2) is 8.42. The molecule has 13 atom stereocenters. The van der Waals surface area contributed by atoms with Crippen LogP contribution in [0.25, 0.3) is 0 Å². The molecule has 11 heteroatoms. The standard InChI is InChI=1S/C29H36O11/c1-13(2)27-22(37-16(5)31)15(4)28-18-11-14(3)20(32)26(18,36)24(34)25(35,12-30)21(33)19(28)23(27)38-29(39-27,40-28)17-9-7-6-8-10-17/h6-10,14-15,18-19,21-24,30,33-36H,1,11-12H2,2-5H3/t14-,15+,18+,19-,21+,22+,23+,24+,25-,26+,27-,28-,29+/m0/s1. The average Bonchev–Trinajstić information content (AvgIpc) is 3.31. The van der Waals surface area contributed by atoms with Gasteiger partial charge in [-0.15, -0.1) is 0 Å². The molecular weight excluding hydrogens is 524 g/mol. The van der Waals surface area contributed by atoms with E-state index in [9.17, 15) is 35.1 Å². The third-order valence-corrected chi connectivity index (χ3v) is 10.3. The minimum absolute atomic E-state index is 0.00587. The van der Waals surface area contributed by atoms with Crippen LogP contribution in [0.3, 0.4) is 0 Å². The maximum atomic E-state index is 13.6. The summed E-state index contributed by atoms with van der Waals surface area (Å²) in [5.74, 6) is -7.54. The van der Waals surface area contributed by atoms with Crippen LogP contribution in [0.2, 0.25) is 0 Å². The van der Waals surface area contributed by atoms with Gasteiger partial charge in [0.2, 0.25) is 0 Å². The molecule has 3 saturated carbocycles. The van der Waals surface area contributed by atoms with Crippen molar-refractivity contribution in [2.24, 2.45) is 23.7 Å². The monoisotopic (exact) mass is 560 g/mol. The molecule has 11 nitrogen and oxygen atoms in total. The molecule has 0 spiro atoms. The summed E-state index contributed by atoms with van der Waals surface area (Å²) in [5, 5.41) is 57.7. The highest BCUT2D eigenvalue weighted by Crippen LogP contribution is 2.72. The Morgan fingerprint density at radius 3 is 2.35 bits per heavy atom. The van der Waals surface area contributed by atoms with Crippen molar-refractivity contribution >= 4 is 11.8 Å². The summed E-state index contributed by atoms with van der Waals surface area (Å²) in [4.78, 5) is 26.2. The number of esters is 1. The third-order valence-electron chi connectivity index (χ3n) is 10.3. The molecule has 0 aromatic heterocycles. The molecule has 218 valence electrons. The Hall–Kier alpha value is -2.22. The van der Waals surface area contributed by atoms with Crippen molar-refractivity contribution in [1.82, 2.24) is 0 Å². The lowest BCUT2D eigenvalue weighted by atomic mass is 9.52. The summed E-state index contributed by atoms with van der Waals surface area (Å²) >= 11 is 0. The molecule has 1 aromatic rings. The van der Waals surface area contributed by atoms with Gasteiger partial charge < -0.3 is 44.5 Å². The molecule has 0 radical (unpaired) electrons. The molecule has 0 amide bonds. The van der Waals surface area contributed by atoms with Crippen LogP contribution in [-0.4, -0.2) is 90.7 Å². The second-order valence-corrected chi connectivity index (χ2v) is 12.3. The van der Waals surface area contributed by atoms with Gasteiger partial charge in [-0.05, 0) is 18.9 Å². The first kappa shape index (κ1) is 27.9. The SMILES string of the molecule is C=C(C)[C@@]12O[C@@]3(c4ccccc4)O[C@@H]1[C@@H]1[C@@H](O)[C@@](O)(CO)[C@@H](O)[C@]4(O)C(=O)[C@@H](C)C[C@H]4[C@@]1(O3)[C@H](C)[C@H]2OC(C)=O. The predicted molar refractivity (Wildman–Crippen MR) is 135 cm³/mol. The van der Waals surface area contributed by atoms with E-state index in [1.807, 2.05) is 0 Å². The Balaban J connectivity index is 1.72. The number of Topliss-reactive ketones (excluding diaryl/α,β-unsaturated/α-hetero) is 1. The van der Waals surface area contributed by atoms with Crippen LogP contribution < -0.4 is 0 Å². The molecule has 5 N–H and O–H groups in total. The maximum Gasteiger partial charge on any atom is 0.314 e. The summed E-state index contributed by atoms with van der Waals surface area (Å²) in [6, 6.07) is 8.68. The van der Waals surface area contributed by atoms with Gasteiger partial charge in [-0.3, -0.25) is 9.59 Å². The van der Waals surface area contributed by atoms with Crippen LogP contribution in [0.4, 0.5) is 0 Å². The number of benzene rings is 1. The zero-order valence-corrected chi connectivity index (χ0v) is 22.8. The van der Waals surface area contributed by atoms with E-state index in [0.29, 0.717) is 11.1 Å². The molecule has 5 aliphatic rings. The lowest BCUT2D eigenvalue weighted by molar-refractivity contribution is -0.446. The molecule has 2 saturated heterocycles. The van der Waals surface area contributed by atoms with Crippen LogP contribution in [0.5, 0.6) is 0 Å². The lowest BCUT2D eigenvalue weighted by Crippen LogP contribution is -2.77. The van der Waals surface area contributed by atoms with E-state index in [4.69, 9.17) is 18.9 Å². The van der Waals surface area contributed by atoms with Crippen molar-refractivity contribution in [3.63, 3.8) is 0 Å². The fourth-order valence-electron chi connectivity index (χ4n) is 8.60. The van der Waals surface area contributed by atoms with Crippen molar-refractivity contribution < 1.29 is 54.1 Å². The van der Waals surface area contributed by atoms with E-state index in [-0.39, 0.29) is 6.42 Å². The summed E-state index contributed by atoms with van der Waals surface area (Å²) < 4.78 is 26.1. The van der Waals surface area contributed by atoms with Gasteiger partial charge in [-0.1, -0.05) is 50.8 Å². The van der Waals surface area contributed by atoms with Gasteiger partial charge in [0.25, 0.3) is 0 Å². The Morgan fingerprint density at radius 1 is 1.12 bits per heavy atom. The number of carbonyl (C=O) groups is 2. The van der Waals surface area contributed by atoms with Gasteiger partial charge >= 0.3 is 11.9 Å². The number of fused-ring (bicyclic) bond motifs is 2. The summed E-state index contributed by atoms with van der Waals surface area (Å²) in [7, 11) is 0. The number of hydrogen-bond acceptors (Lipinski definition) is 11. The van der Waals surface area contributed by atoms with Crippen LogP contribution in [0.15, 0.2) is 42.5 Å². The van der Waals surface area contributed by atoms with Crippen LogP contribution >= 0.6 is 0 Å². The van der Waals surface area contributed by atoms with E-state index < -0.39 is 94.8 Å². The van der Waals surface area contributed by atoms with E-state index in [1.54, 1.807) is 51.1 Å². The first-order chi connectivity index (χ1) is 18.7. The highest BCUT2D eigenvalue weighted by molar-refractivity contribution is 5.93. The van der Waals surface area contributed by atoms with Gasteiger partial charge in [0, 0.05) is 36.2 Å². The second-order valence-electron chi connectivity index (χ2n) is 12.3. The van der Waals surface area contributed by atoms with Crippen molar-refractivity contribution in [3.05, 3.63) is 48.0 Å². The number of rotatable bonds is 4. The van der Waals surface area contributed by atoms with Gasteiger partial charge in [-0.25, -0.2) is 0 Å².